The summed E-state index contributed by atoms with van der Waals surface area (Å²) in [6.07, 6.45) is 0. The normalized spacial score (nSPS) is 14.8. The SMILES string of the molecule is C[C@](N)(C#N)c1ccc(Br)cc1. The Morgan fingerprint density at radius 2 is 1.92 bits per heavy atom. The predicted molar refractivity (Wildman–Crippen MR) is 51.3 cm³/mol. The van der Waals surface area contributed by atoms with Crippen molar-refractivity contribution >= 4 is 15.9 Å². The predicted octanol–water partition coefficient (Wildman–Crippen LogP) is 2.15. The standard InChI is InChI=1S/C9H9BrN2/c1-9(12,6-11)7-2-4-8(10)5-3-7/h2-5H,12H2,1H3/t9-/m0/s1. The summed E-state index contributed by atoms with van der Waals surface area (Å²) in [5, 5.41) is 8.73. The number of hydrogen-bond acceptors (Lipinski definition) is 2. The highest BCUT2D eigenvalue weighted by Gasteiger charge is 2.19. The van der Waals surface area contributed by atoms with Gasteiger partial charge in [0, 0.05) is 4.47 Å². The summed E-state index contributed by atoms with van der Waals surface area (Å²) in [6, 6.07) is 9.47. The maximum atomic E-state index is 8.73. The van der Waals surface area contributed by atoms with Crippen molar-refractivity contribution in [3.8, 4) is 6.07 Å². The van der Waals surface area contributed by atoms with Crippen LogP contribution < -0.4 is 5.73 Å². The fourth-order valence-corrected chi connectivity index (χ4v) is 1.12. The number of rotatable bonds is 1. The fourth-order valence-electron chi connectivity index (χ4n) is 0.861. The highest BCUT2D eigenvalue weighted by Crippen LogP contribution is 2.19. The minimum Gasteiger partial charge on any atom is -0.310 e. The van der Waals surface area contributed by atoms with E-state index in [1.54, 1.807) is 6.92 Å². The van der Waals surface area contributed by atoms with Gasteiger partial charge in [-0.1, -0.05) is 28.1 Å². The minimum atomic E-state index is -0.888. The molecule has 0 unspecified atom stereocenters. The van der Waals surface area contributed by atoms with Gasteiger partial charge in [0.2, 0.25) is 0 Å². The molecule has 1 aromatic carbocycles. The van der Waals surface area contributed by atoms with Crippen LogP contribution in [0.5, 0.6) is 0 Å². The van der Waals surface area contributed by atoms with E-state index in [9.17, 15) is 0 Å². The van der Waals surface area contributed by atoms with Crippen LogP contribution in [0.1, 0.15) is 12.5 Å². The van der Waals surface area contributed by atoms with Crippen molar-refractivity contribution in [2.75, 3.05) is 0 Å². The molecule has 62 valence electrons. The Labute approximate surface area is 80.1 Å². The molecule has 0 bridgehead atoms. The molecule has 0 aliphatic heterocycles. The zero-order valence-corrected chi connectivity index (χ0v) is 8.30. The van der Waals surface area contributed by atoms with Crippen LogP contribution in [-0.2, 0) is 5.54 Å². The van der Waals surface area contributed by atoms with Crippen LogP contribution in [0.25, 0.3) is 0 Å². The molecule has 0 heterocycles. The lowest BCUT2D eigenvalue weighted by Crippen LogP contribution is -2.30. The molecule has 12 heavy (non-hydrogen) atoms. The smallest absolute Gasteiger partial charge is 0.126 e. The number of benzene rings is 1. The molecule has 1 aromatic rings. The van der Waals surface area contributed by atoms with E-state index in [1.807, 2.05) is 30.3 Å². The van der Waals surface area contributed by atoms with Crippen LogP contribution in [0.2, 0.25) is 0 Å². The van der Waals surface area contributed by atoms with E-state index in [0.717, 1.165) is 10.0 Å². The summed E-state index contributed by atoms with van der Waals surface area (Å²) in [7, 11) is 0. The molecule has 0 spiro atoms. The first kappa shape index (κ1) is 9.24. The van der Waals surface area contributed by atoms with Crippen molar-refractivity contribution in [2.45, 2.75) is 12.5 Å². The lowest BCUT2D eigenvalue weighted by Gasteiger charge is -2.15. The van der Waals surface area contributed by atoms with Gasteiger partial charge < -0.3 is 5.73 Å². The molecule has 3 heteroatoms. The van der Waals surface area contributed by atoms with Crippen LogP contribution in [0.3, 0.4) is 0 Å². The van der Waals surface area contributed by atoms with Gasteiger partial charge >= 0.3 is 0 Å². The van der Waals surface area contributed by atoms with Crippen molar-refractivity contribution in [1.82, 2.24) is 0 Å². The number of nitrogens with two attached hydrogens (primary N) is 1. The summed E-state index contributed by atoms with van der Waals surface area (Å²) in [5.74, 6) is 0. The maximum absolute atomic E-state index is 8.73. The van der Waals surface area contributed by atoms with Crippen LogP contribution in [-0.4, -0.2) is 0 Å². The molecule has 0 saturated heterocycles. The average molecular weight is 225 g/mol. The molecule has 1 atom stereocenters. The van der Waals surface area contributed by atoms with Gasteiger partial charge in [-0.05, 0) is 24.6 Å². The Kier molecular flexibility index (Phi) is 2.51. The lowest BCUT2D eigenvalue weighted by molar-refractivity contribution is 0.646. The second kappa shape index (κ2) is 3.26. The van der Waals surface area contributed by atoms with Gasteiger partial charge in [-0.25, -0.2) is 0 Å². The van der Waals surface area contributed by atoms with Crippen molar-refractivity contribution in [2.24, 2.45) is 5.73 Å². The molecule has 1 rings (SSSR count). The van der Waals surface area contributed by atoms with Gasteiger partial charge in [-0.15, -0.1) is 0 Å². The van der Waals surface area contributed by atoms with Crippen LogP contribution >= 0.6 is 15.9 Å². The van der Waals surface area contributed by atoms with Crippen molar-refractivity contribution < 1.29 is 0 Å². The lowest BCUT2D eigenvalue weighted by atomic mass is 9.95. The second-order valence-corrected chi connectivity index (χ2v) is 3.74. The van der Waals surface area contributed by atoms with Crippen molar-refractivity contribution in [1.29, 1.82) is 5.26 Å². The molecule has 0 aromatic heterocycles. The summed E-state index contributed by atoms with van der Waals surface area (Å²) in [5.41, 5.74) is 5.65. The van der Waals surface area contributed by atoms with Gasteiger partial charge in [-0.3, -0.25) is 0 Å². The zero-order valence-electron chi connectivity index (χ0n) is 6.71. The second-order valence-electron chi connectivity index (χ2n) is 2.82. The third-order valence-electron chi connectivity index (χ3n) is 1.68. The number of nitriles is 1. The van der Waals surface area contributed by atoms with Gasteiger partial charge in [0.15, 0.2) is 0 Å². The molecule has 0 aliphatic rings. The molecule has 0 saturated carbocycles. The largest absolute Gasteiger partial charge is 0.310 e. The van der Waals surface area contributed by atoms with Gasteiger partial charge in [-0.2, -0.15) is 5.26 Å². The van der Waals surface area contributed by atoms with E-state index in [2.05, 4.69) is 15.9 Å². The zero-order chi connectivity index (χ0) is 9.19. The first-order valence-corrected chi connectivity index (χ1v) is 4.32. The molecule has 0 amide bonds. The Bertz CT molecular complexity index is 308. The van der Waals surface area contributed by atoms with E-state index in [0.29, 0.717) is 0 Å². The maximum Gasteiger partial charge on any atom is 0.126 e. The van der Waals surface area contributed by atoms with Crippen LogP contribution in [0.4, 0.5) is 0 Å². The van der Waals surface area contributed by atoms with E-state index < -0.39 is 5.54 Å². The molecule has 0 fully saturated rings. The molecule has 2 N–H and O–H groups in total. The Morgan fingerprint density at radius 1 is 1.42 bits per heavy atom. The van der Waals surface area contributed by atoms with Crippen LogP contribution in [0, 0.1) is 11.3 Å². The Balaban J connectivity index is 3.07. The number of hydrogen-bond donors (Lipinski definition) is 1. The van der Waals surface area contributed by atoms with E-state index >= 15 is 0 Å². The molecule has 0 radical (unpaired) electrons. The minimum absolute atomic E-state index is 0.827. The first-order chi connectivity index (χ1) is 5.56. The molecular formula is C9H9BrN2. The highest BCUT2D eigenvalue weighted by atomic mass is 79.9. The Morgan fingerprint density at radius 3 is 2.33 bits per heavy atom. The van der Waals surface area contributed by atoms with Crippen molar-refractivity contribution in [3.63, 3.8) is 0 Å². The quantitative estimate of drug-likeness (QED) is 0.795. The number of halogens is 1. The van der Waals surface area contributed by atoms with Crippen LogP contribution in [0.15, 0.2) is 28.7 Å². The van der Waals surface area contributed by atoms with E-state index in [1.165, 1.54) is 0 Å². The van der Waals surface area contributed by atoms with Crippen molar-refractivity contribution in [3.05, 3.63) is 34.3 Å². The van der Waals surface area contributed by atoms with E-state index in [4.69, 9.17) is 11.0 Å². The molecular weight excluding hydrogens is 216 g/mol. The molecule has 2 nitrogen and oxygen atoms in total. The highest BCUT2D eigenvalue weighted by molar-refractivity contribution is 9.10. The first-order valence-electron chi connectivity index (χ1n) is 3.52. The van der Waals surface area contributed by atoms with Gasteiger partial charge in [0.25, 0.3) is 0 Å². The molecule has 0 aliphatic carbocycles. The van der Waals surface area contributed by atoms with Gasteiger partial charge in [0.1, 0.15) is 5.54 Å². The van der Waals surface area contributed by atoms with E-state index in [-0.39, 0.29) is 0 Å². The third kappa shape index (κ3) is 1.84. The summed E-state index contributed by atoms with van der Waals surface area (Å²) < 4.78 is 0.986. The fraction of sp³-hybridized carbons (Fsp3) is 0.222. The Hall–Kier alpha value is -0.850. The van der Waals surface area contributed by atoms with Gasteiger partial charge in [0.05, 0.1) is 6.07 Å². The third-order valence-corrected chi connectivity index (χ3v) is 2.20. The topological polar surface area (TPSA) is 49.8 Å². The average Bonchev–Trinajstić information content (AvgIpc) is 2.05. The summed E-state index contributed by atoms with van der Waals surface area (Å²) in [6.45, 7) is 1.69. The summed E-state index contributed by atoms with van der Waals surface area (Å²) >= 11 is 3.31. The summed E-state index contributed by atoms with van der Waals surface area (Å²) in [4.78, 5) is 0. The monoisotopic (exact) mass is 224 g/mol. The number of nitrogens with zero attached hydrogens (tertiary/aromatic N) is 1.